The van der Waals surface area contributed by atoms with Crippen molar-refractivity contribution in [2.45, 2.75) is 49.4 Å². The highest BCUT2D eigenvalue weighted by atomic mass is 32.2. The molecule has 34 heavy (non-hydrogen) atoms. The molecule has 1 aromatic heterocycles. The fourth-order valence-electron chi connectivity index (χ4n) is 3.94. The highest BCUT2D eigenvalue weighted by Crippen LogP contribution is 2.33. The SMILES string of the molecule is C[C@@H](Sc1nnc(-c2ccc(F)cc2)n1C[C@H]1CCCO1)C(=O)NCc1ccc2c(c1)OCO2. The van der Waals surface area contributed by atoms with Gasteiger partial charge in [0.1, 0.15) is 5.82 Å². The number of benzene rings is 2. The number of amides is 1. The molecule has 1 fully saturated rings. The average molecular weight is 485 g/mol. The lowest BCUT2D eigenvalue weighted by Gasteiger charge is -2.16. The van der Waals surface area contributed by atoms with Gasteiger partial charge in [-0.25, -0.2) is 4.39 Å². The van der Waals surface area contributed by atoms with Crippen molar-refractivity contribution in [3.63, 3.8) is 0 Å². The summed E-state index contributed by atoms with van der Waals surface area (Å²) in [7, 11) is 0. The molecule has 0 aliphatic carbocycles. The fraction of sp³-hybridized carbons (Fsp3) is 0.375. The van der Waals surface area contributed by atoms with E-state index in [4.69, 9.17) is 14.2 Å². The van der Waals surface area contributed by atoms with E-state index in [1.54, 1.807) is 12.1 Å². The van der Waals surface area contributed by atoms with Crippen molar-refractivity contribution in [1.82, 2.24) is 20.1 Å². The standard InChI is InChI=1S/C24H25FN4O4S/c1-15(23(30)26-12-16-4-9-20-21(11-16)33-14-32-20)34-24-28-27-22(17-5-7-18(25)8-6-17)29(24)13-19-3-2-10-31-19/h4-9,11,15,19H,2-3,10,12-14H2,1H3,(H,26,30)/t15-,19-/m1/s1. The minimum absolute atomic E-state index is 0.0599. The number of carbonyl (C=O) groups excluding carboxylic acids is 1. The summed E-state index contributed by atoms with van der Waals surface area (Å²) < 4.78 is 31.9. The number of nitrogens with one attached hydrogen (secondary N) is 1. The Bertz CT molecular complexity index is 1160. The molecule has 10 heteroatoms. The summed E-state index contributed by atoms with van der Waals surface area (Å²) >= 11 is 1.34. The quantitative estimate of drug-likeness (QED) is 0.487. The van der Waals surface area contributed by atoms with E-state index in [-0.39, 0.29) is 24.6 Å². The van der Waals surface area contributed by atoms with E-state index in [2.05, 4.69) is 15.5 Å². The lowest BCUT2D eigenvalue weighted by atomic mass is 10.2. The molecule has 0 unspecified atom stereocenters. The first-order valence-electron chi connectivity index (χ1n) is 11.2. The van der Waals surface area contributed by atoms with Crippen molar-refractivity contribution in [2.24, 2.45) is 0 Å². The zero-order valence-corrected chi connectivity index (χ0v) is 19.5. The van der Waals surface area contributed by atoms with Crippen LogP contribution in [-0.4, -0.2) is 45.4 Å². The van der Waals surface area contributed by atoms with Gasteiger partial charge in [0.2, 0.25) is 12.7 Å². The highest BCUT2D eigenvalue weighted by molar-refractivity contribution is 8.00. The third kappa shape index (κ3) is 5.02. The van der Waals surface area contributed by atoms with Gasteiger partial charge in [0.15, 0.2) is 22.5 Å². The minimum Gasteiger partial charge on any atom is -0.454 e. The zero-order valence-electron chi connectivity index (χ0n) is 18.7. The number of aromatic nitrogens is 3. The van der Waals surface area contributed by atoms with Crippen LogP contribution in [0.25, 0.3) is 11.4 Å². The zero-order chi connectivity index (χ0) is 23.5. The molecule has 2 aliphatic rings. The second-order valence-electron chi connectivity index (χ2n) is 8.22. The van der Waals surface area contributed by atoms with Crippen LogP contribution in [0.4, 0.5) is 4.39 Å². The molecule has 1 saturated heterocycles. The maximum absolute atomic E-state index is 13.4. The predicted octanol–water partition coefficient (Wildman–Crippen LogP) is 3.79. The first-order chi connectivity index (χ1) is 16.6. The molecule has 3 heterocycles. The summed E-state index contributed by atoms with van der Waals surface area (Å²) in [5, 5.41) is 11.9. The molecule has 1 N–H and O–H groups in total. The van der Waals surface area contributed by atoms with Gasteiger partial charge in [-0.1, -0.05) is 17.8 Å². The molecular weight excluding hydrogens is 459 g/mol. The Hall–Kier alpha value is -3.11. The third-order valence-corrected chi connectivity index (χ3v) is 6.87. The van der Waals surface area contributed by atoms with Crippen LogP contribution in [0.1, 0.15) is 25.3 Å². The molecule has 178 valence electrons. The number of rotatable bonds is 8. The molecule has 0 radical (unpaired) electrons. The number of hydrogen-bond acceptors (Lipinski definition) is 7. The molecular formula is C24H25FN4O4S. The molecule has 2 atom stereocenters. The van der Waals surface area contributed by atoms with Gasteiger partial charge in [-0.15, -0.1) is 10.2 Å². The Balaban J connectivity index is 1.28. The van der Waals surface area contributed by atoms with Crippen molar-refractivity contribution < 1.29 is 23.4 Å². The monoisotopic (exact) mass is 484 g/mol. The van der Waals surface area contributed by atoms with Gasteiger partial charge in [-0.3, -0.25) is 9.36 Å². The molecule has 1 amide bonds. The number of hydrogen-bond donors (Lipinski definition) is 1. The van der Waals surface area contributed by atoms with Crippen LogP contribution in [0.5, 0.6) is 11.5 Å². The second kappa shape index (κ2) is 10.0. The van der Waals surface area contributed by atoms with Crippen molar-refractivity contribution >= 4 is 17.7 Å². The summed E-state index contributed by atoms with van der Waals surface area (Å²) in [6.45, 7) is 3.74. The topological polar surface area (TPSA) is 87.5 Å². The Morgan fingerprint density at radius 3 is 2.82 bits per heavy atom. The number of halogens is 1. The van der Waals surface area contributed by atoms with E-state index in [0.29, 0.717) is 35.6 Å². The maximum atomic E-state index is 13.4. The van der Waals surface area contributed by atoms with Crippen molar-refractivity contribution in [3.05, 3.63) is 53.8 Å². The van der Waals surface area contributed by atoms with Crippen molar-refractivity contribution in [3.8, 4) is 22.9 Å². The molecule has 2 aromatic carbocycles. The third-order valence-electron chi connectivity index (χ3n) is 5.78. The van der Waals surface area contributed by atoms with Gasteiger partial charge in [0.05, 0.1) is 17.9 Å². The predicted molar refractivity (Wildman–Crippen MR) is 124 cm³/mol. The molecule has 0 spiro atoms. The van der Waals surface area contributed by atoms with Crippen molar-refractivity contribution in [1.29, 1.82) is 0 Å². The van der Waals surface area contributed by atoms with Gasteiger partial charge < -0.3 is 19.5 Å². The lowest BCUT2D eigenvalue weighted by molar-refractivity contribution is -0.120. The summed E-state index contributed by atoms with van der Waals surface area (Å²) in [5.74, 6) is 1.60. The smallest absolute Gasteiger partial charge is 0.233 e. The van der Waals surface area contributed by atoms with Crippen LogP contribution < -0.4 is 14.8 Å². The highest BCUT2D eigenvalue weighted by Gasteiger charge is 2.25. The second-order valence-corrected chi connectivity index (χ2v) is 9.53. The van der Waals surface area contributed by atoms with Gasteiger partial charge >= 0.3 is 0 Å². The van der Waals surface area contributed by atoms with E-state index in [9.17, 15) is 9.18 Å². The summed E-state index contributed by atoms with van der Waals surface area (Å²) in [5.41, 5.74) is 1.69. The number of carbonyl (C=O) groups is 1. The lowest BCUT2D eigenvalue weighted by Crippen LogP contribution is -2.30. The first-order valence-corrected chi connectivity index (χ1v) is 12.1. The number of thioether (sulfide) groups is 1. The van der Waals surface area contributed by atoms with Gasteiger partial charge in [0.25, 0.3) is 0 Å². The molecule has 2 aliphatic heterocycles. The molecule has 8 nitrogen and oxygen atoms in total. The molecule has 3 aromatic rings. The molecule has 0 saturated carbocycles. The van der Waals surface area contributed by atoms with E-state index < -0.39 is 5.25 Å². The Labute approximate surface area is 200 Å². The van der Waals surface area contributed by atoms with Crippen LogP contribution in [0.2, 0.25) is 0 Å². The van der Waals surface area contributed by atoms with Crippen LogP contribution in [0.3, 0.4) is 0 Å². The number of fused-ring (bicyclic) bond motifs is 1. The normalized spacial score (nSPS) is 17.6. The van der Waals surface area contributed by atoms with E-state index >= 15 is 0 Å². The number of nitrogens with zero attached hydrogens (tertiary/aromatic N) is 3. The Kier molecular flexibility index (Phi) is 6.68. The first kappa shape index (κ1) is 22.7. The van der Waals surface area contributed by atoms with E-state index in [1.807, 2.05) is 29.7 Å². The van der Waals surface area contributed by atoms with E-state index in [1.165, 1.54) is 23.9 Å². The summed E-state index contributed by atoms with van der Waals surface area (Å²) in [6.07, 6.45) is 2.03. The summed E-state index contributed by atoms with van der Waals surface area (Å²) in [6, 6.07) is 11.8. The van der Waals surface area contributed by atoms with Gasteiger partial charge in [-0.05, 0) is 61.7 Å². The van der Waals surface area contributed by atoms with Crippen LogP contribution in [0.15, 0.2) is 47.6 Å². The average Bonchev–Trinajstić information content (AvgIpc) is 3.60. The van der Waals surface area contributed by atoms with Crippen LogP contribution in [-0.2, 0) is 22.6 Å². The van der Waals surface area contributed by atoms with Crippen LogP contribution >= 0.6 is 11.8 Å². The maximum Gasteiger partial charge on any atom is 0.233 e. The van der Waals surface area contributed by atoms with E-state index in [0.717, 1.165) is 30.6 Å². The number of ether oxygens (including phenoxy) is 3. The van der Waals surface area contributed by atoms with Crippen molar-refractivity contribution in [2.75, 3.05) is 13.4 Å². The Morgan fingerprint density at radius 2 is 2.03 bits per heavy atom. The summed E-state index contributed by atoms with van der Waals surface area (Å²) in [4.78, 5) is 12.8. The fourth-order valence-corrected chi connectivity index (χ4v) is 4.82. The molecule has 0 bridgehead atoms. The van der Waals surface area contributed by atoms with Crippen LogP contribution in [0, 0.1) is 5.82 Å². The molecule has 5 rings (SSSR count). The minimum atomic E-state index is -0.400. The Morgan fingerprint density at radius 1 is 1.21 bits per heavy atom. The largest absolute Gasteiger partial charge is 0.454 e. The van der Waals surface area contributed by atoms with Gasteiger partial charge in [-0.2, -0.15) is 0 Å². The van der Waals surface area contributed by atoms with Gasteiger partial charge in [0, 0.05) is 18.7 Å².